The van der Waals surface area contributed by atoms with Gasteiger partial charge in [0.25, 0.3) is 0 Å². The van der Waals surface area contributed by atoms with Crippen LogP contribution in [0.25, 0.3) is 0 Å². The number of rotatable bonds is 5. The van der Waals surface area contributed by atoms with Gasteiger partial charge in [0.2, 0.25) is 0 Å². The first-order valence-corrected chi connectivity index (χ1v) is 9.73. The van der Waals surface area contributed by atoms with Gasteiger partial charge in [-0.05, 0) is 62.7 Å². The molecule has 2 aliphatic rings. The second-order valence-electron chi connectivity index (χ2n) is 9.13. The largest absolute Gasteiger partial charge is 0.478 e. The van der Waals surface area contributed by atoms with Crippen molar-refractivity contribution >= 4 is 11.9 Å². The lowest BCUT2D eigenvalue weighted by molar-refractivity contribution is -0.174. The monoisotopic (exact) mass is 362 g/mol. The summed E-state index contributed by atoms with van der Waals surface area (Å²) in [6.07, 6.45) is 6.99. The van der Waals surface area contributed by atoms with Crippen molar-refractivity contribution < 1.29 is 19.4 Å². The van der Waals surface area contributed by atoms with Crippen LogP contribution in [-0.4, -0.2) is 23.1 Å². The number of hydrogen-bond acceptors (Lipinski definition) is 3. The van der Waals surface area contributed by atoms with Crippen molar-refractivity contribution in [1.82, 2.24) is 0 Å². The molecule has 0 heterocycles. The van der Waals surface area contributed by atoms with Crippen molar-refractivity contribution in [3.05, 3.63) is 23.8 Å². The van der Waals surface area contributed by atoms with Gasteiger partial charge in [-0.3, -0.25) is 4.79 Å². The van der Waals surface area contributed by atoms with Crippen LogP contribution in [0.1, 0.15) is 73.1 Å². The third kappa shape index (κ3) is 4.05. The molecule has 4 heteroatoms. The molecule has 4 nitrogen and oxygen atoms in total. The highest BCUT2D eigenvalue weighted by atomic mass is 16.5. The maximum Gasteiger partial charge on any atom is 0.328 e. The van der Waals surface area contributed by atoms with Gasteiger partial charge in [0.1, 0.15) is 6.10 Å². The molecule has 0 aromatic heterocycles. The van der Waals surface area contributed by atoms with E-state index in [9.17, 15) is 9.59 Å². The van der Waals surface area contributed by atoms with Crippen molar-refractivity contribution in [2.24, 2.45) is 22.7 Å². The number of ether oxygens (including phenoxy) is 1. The summed E-state index contributed by atoms with van der Waals surface area (Å²) in [5.41, 5.74) is 2.26. The zero-order valence-electron chi connectivity index (χ0n) is 16.9. The molecule has 0 spiro atoms. The van der Waals surface area contributed by atoms with E-state index in [4.69, 9.17) is 9.84 Å². The Balaban J connectivity index is 2.23. The van der Waals surface area contributed by atoms with Crippen LogP contribution < -0.4 is 0 Å². The van der Waals surface area contributed by atoms with Gasteiger partial charge in [0.15, 0.2) is 0 Å². The first-order valence-electron chi connectivity index (χ1n) is 9.73. The molecule has 2 aliphatic carbocycles. The molecule has 0 saturated heterocycles. The Labute approximate surface area is 157 Å². The highest BCUT2D eigenvalue weighted by Gasteiger charge is 2.56. The van der Waals surface area contributed by atoms with E-state index in [1.165, 1.54) is 18.6 Å². The van der Waals surface area contributed by atoms with Gasteiger partial charge in [-0.15, -0.1) is 0 Å². The number of aliphatic carboxylic acids is 1. The molecule has 1 N–H and O–H groups in total. The summed E-state index contributed by atoms with van der Waals surface area (Å²) in [7, 11) is 0. The van der Waals surface area contributed by atoms with E-state index in [0.29, 0.717) is 11.8 Å². The van der Waals surface area contributed by atoms with Gasteiger partial charge < -0.3 is 9.84 Å². The number of carbonyl (C=O) groups excluding carboxylic acids is 1. The lowest BCUT2D eigenvalue weighted by Crippen LogP contribution is -2.55. The molecular formula is C22H34O4. The van der Waals surface area contributed by atoms with Gasteiger partial charge in [0, 0.05) is 18.4 Å². The summed E-state index contributed by atoms with van der Waals surface area (Å²) in [5, 5.41) is 8.95. The Kier molecular flexibility index (Phi) is 6.04. The van der Waals surface area contributed by atoms with Crippen molar-refractivity contribution in [1.29, 1.82) is 0 Å². The molecule has 1 unspecified atom stereocenters. The second kappa shape index (κ2) is 7.58. The van der Waals surface area contributed by atoms with Gasteiger partial charge >= 0.3 is 11.9 Å². The number of hydrogen-bond donors (Lipinski definition) is 1. The highest BCUT2D eigenvalue weighted by Crippen LogP contribution is 2.62. The molecule has 2 saturated carbocycles. The SMILES string of the molecule is C=C1CC[C@H]2C(C)(C)C(OC(C)=O)CC[C@]2(C)[C@H]1CC/C(C)=C/C(=O)O. The fourth-order valence-corrected chi connectivity index (χ4v) is 5.75. The average molecular weight is 363 g/mol. The van der Waals surface area contributed by atoms with Crippen molar-refractivity contribution in [3.8, 4) is 0 Å². The minimum absolute atomic E-state index is 0.0290. The number of esters is 1. The molecule has 4 atom stereocenters. The van der Waals surface area contributed by atoms with Gasteiger partial charge in [-0.2, -0.15) is 0 Å². The fraction of sp³-hybridized carbons (Fsp3) is 0.727. The molecule has 2 rings (SSSR count). The Bertz CT molecular complexity index is 616. The highest BCUT2D eigenvalue weighted by molar-refractivity contribution is 5.80. The number of allylic oxidation sites excluding steroid dienone is 2. The number of carboxylic acid groups (broad SMARTS) is 1. The van der Waals surface area contributed by atoms with Crippen LogP contribution >= 0.6 is 0 Å². The molecule has 26 heavy (non-hydrogen) atoms. The van der Waals surface area contributed by atoms with Crippen molar-refractivity contribution in [2.45, 2.75) is 79.2 Å². The summed E-state index contributed by atoms with van der Waals surface area (Å²) in [5.74, 6) is -0.224. The Hall–Kier alpha value is -1.58. The van der Waals surface area contributed by atoms with E-state index in [0.717, 1.165) is 44.1 Å². The van der Waals surface area contributed by atoms with Crippen molar-refractivity contribution in [2.75, 3.05) is 0 Å². The fourth-order valence-electron chi connectivity index (χ4n) is 5.75. The Morgan fingerprint density at radius 1 is 1.27 bits per heavy atom. The zero-order chi connectivity index (χ0) is 19.7. The predicted octanol–water partition coefficient (Wildman–Crippen LogP) is 5.14. The third-order valence-electron chi connectivity index (χ3n) is 7.02. The summed E-state index contributed by atoms with van der Waals surface area (Å²) in [6, 6.07) is 0. The van der Waals surface area contributed by atoms with E-state index in [2.05, 4.69) is 27.4 Å². The molecule has 0 aliphatic heterocycles. The lowest BCUT2D eigenvalue weighted by Gasteiger charge is -2.60. The van der Waals surface area contributed by atoms with Crippen LogP contribution in [0, 0.1) is 22.7 Å². The molecule has 0 aromatic rings. The number of carbonyl (C=O) groups is 2. The van der Waals surface area contributed by atoms with Crippen LogP contribution in [0.3, 0.4) is 0 Å². The summed E-state index contributed by atoms with van der Waals surface area (Å²) >= 11 is 0. The third-order valence-corrected chi connectivity index (χ3v) is 7.02. The lowest BCUT2D eigenvalue weighted by atomic mass is 9.46. The Morgan fingerprint density at radius 2 is 1.92 bits per heavy atom. The van der Waals surface area contributed by atoms with Crippen LogP contribution in [0.5, 0.6) is 0 Å². The first kappa shape index (κ1) is 20.7. The molecule has 0 radical (unpaired) electrons. The Morgan fingerprint density at radius 3 is 2.50 bits per heavy atom. The first-order chi connectivity index (χ1) is 12.0. The smallest absolute Gasteiger partial charge is 0.328 e. The normalized spacial score (nSPS) is 34.1. The predicted molar refractivity (Wildman–Crippen MR) is 103 cm³/mol. The maximum absolute atomic E-state index is 11.5. The van der Waals surface area contributed by atoms with E-state index in [-0.39, 0.29) is 22.9 Å². The van der Waals surface area contributed by atoms with Crippen LogP contribution in [0.15, 0.2) is 23.8 Å². The molecule has 2 fully saturated rings. The van der Waals surface area contributed by atoms with E-state index in [1.54, 1.807) is 0 Å². The molecule has 0 bridgehead atoms. The summed E-state index contributed by atoms with van der Waals surface area (Å²) in [6.45, 7) is 14.6. The zero-order valence-corrected chi connectivity index (χ0v) is 16.9. The van der Waals surface area contributed by atoms with E-state index < -0.39 is 5.97 Å². The van der Waals surface area contributed by atoms with Gasteiger partial charge in [0.05, 0.1) is 0 Å². The molecule has 0 amide bonds. The standard InChI is InChI=1S/C22H34O4/c1-14(13-20(24)25)7-9-17-15(2)8-10-18-21(4,5)19(26-16(3)23)11-12-22(17,18)6/h13,17-19H,2,7-12H2,1,3-6H3,(H,24,25)/b14-13+/t17-,18-,19?,22+/m0/s1. The van der Waals surface area contributed by atoms with Gasteiger partial charge in [-0.25, -0.2) is 4.79 Å². The van der Waals surface area contributed by atoms with E-state index in [1.807, 2.05) is 6.92 Å². The van der Waals surface area contributed by atoms with Crippen molar-refractivity contribution in [3.63, 3.8) is 0 Å². The second-order valence-corrected chi connectivity index (χ2v) is 9.13. The molecule has 146 valence electrons. The topological polar surface area (TPSA) is 63.6 Å². The quantitative estimate of drug-likeness (QED) is 0.418. The van der Waals surface area contributed by atoms with E-state index >= 15 is 0 Å². The maximum atomic E-state index is 11.5. The molecule has 0 aromatic carbocycles. The number of fused-ring (bicyclic) bond motifs is 1. The number of carboxylic acids is 1. The summed E-state index contributed by atoms with van der Waals surface area (Å²) < 4.78 is 5.67. The minimum atomic E-state index is -0.878. The molecular weight excluding hydrogens is 328 g/mol. The summed E-state index contributed by atoms with van der Waals surface area (Å²) in [4.78, 5) is 22.4. The van der Waals surface area contributed by atoms with Crippen LogP contribution in [0.4, 0.5) is 0 Å². The average Bonchev–Trinajstić information content (AvgIpc) is 2.48. The van der Waals surface area contributed by atoms with Crippen LogP contribution in [-0.2, 0) is 14.3 Å². The minimum Gasteiger partial charge on any atom is -0.478 e. The van der Waals surface area contributed by atoms with Gasteiger partial charge in [-0.1, -0.05) is 38.5 Å². The van der Waals surface area contributed by atoms with Crippen LogP contribution in [0.2, 0.25) is 0 Å².